The molecule has 0 radical (unpaired) electrons. The quantitative estimate of drug-likeness (QED) is 0.403. The predicted molar refractivity (Wildman–Crippen MR) is 102 cm³/mol. The molecule has 1 fully saturated rings. The lowest BCUT2D eigenvalue weighted by molar-refractivity contribution is -0.0329. The molecule has 1 aliphatic rings. The van der Waals surface area contributed by atoms with Gasteiger partial charge in [0.1, 0.15) is 11.5 Å². The molecule has 0 unspecified atom stereocenters. The summed E-state index contributed by atoms with van der Waals surface area (Å²) in [5.41, 5.74) is -4.56. The summed E-state index contributed by atoms with van der Waals surface area (Å²) in [4.78, 5) is 32.3. The molecule has 0 saturated heterocycles. The van der Waals surface area contributed by atoms with Gasteiger partial charge in [0.2, 0.25) is 5.95 Å². The van der Waals surface area contributed by atoms with Crippen molar-refractivity contribution in [1.29, 1.82) is 0 Å². The monoisotopic (exact) mass is 429 g/mol. The van der Waals surface area contributed by atoms with Gasteiger partial charge < -0.3 is 4.90 Å². The zero-order valence-corrected chi connectivity index (χ0v) is 16.5. The molecule has 156 valence electrons. The average molecular weight is 429 g/mol. The van der Waals surface area contributed by atoms with Crippen LogP contribution in [0.3, 0.4) is 0 Å². The maximum absolute atomic E-state index is 14.2. The number of hydrogen-bond donors (Lipinski definition) is 1. The number of aromatic nitrogens is 2. The van der Waals surface area contributed by atoms with E-state index >= 15 is 0 Å². The third-order valence-corrected chi connectivity index (χ3v) is 5.43. The molecule has 5 nitrogen and oxygen atoms in total. The van der Waals surface area contributed by atoms with Crippen LogP contribution in [0.2, 0.25) is 0 Å². The van der Waals surface area contributed by atoms with E-state index in [1.54, 1.807) is 19.0 Å². The molecule has 0 spiro atoms. The van der Waals surface area contributed by atoms with E-state index in [0.29, 0.717) is 5.56 Å². The van der Waals surface area contributed by atoms with E-state index in [0.717, 1.165) is 31.0 Å². The van der Waals surface area contributed by atoms with Gasteiger partial charge in [-0.3, -0.25) is 14.6 Å². The highest BCUT2D eigenvalue weighted by molar-refractivity contribution is 8.00. The minimum atomic E-state index is -4.58. The van der Waals surface area contributed by atoms with E-state index in [9.17, 15) is 27.2 Å². The Labute approximate surface area is 168 Å². The lowest BCUT2D eigenvalue weighted by atomic mass is 9.88. The molecular weight excluding hydrogens is 410 g/mol. The van der Waals surface area contributed by atoms with Gasteiger partial charge in [-0.25, -0.2) is 9.37 Å². The molecule has 0 bridgehead atoms. The maximum atomic E-state index is 14.2. The number of carbonyl (C=O) groups is 1. The number of nitrogens with zero attached hydrogens (tertiary/aromatic N) is 2. The minimum Gasteiger partial charge on any atom is -0.348 e. The Hall–Kier alpha value is -2.36. The number of halogens is 4. The molecule has 3 rings (SSSR count). The Bertz CT molecular complexity index is 971. The first-order valence-electron chi connectivity index (χ1n) is 8.90. The SMILES string of the molecule is CN(C)c1nc(C(=O)C[C@@H](c2ccc(SC(F)(F)F)c(F)c2)C2CC2)cc(=O)[nH]1. The number of aromatic amines is 1. The molecule has 29 heavy (non-hydrogen) atoms. The number of nitrogens with one attached hydrogen (secondary N) is 1. The molecule has 1 aliphatic carbocycles. The van der Waals surface area contributed by atoms with Crippen LogP contribution in [0, 0.1) is 11.7 Å². The molecule has 0 aliphatic heterocycles. The Kier molecular flexibility index (Phi) is 6.02. The van der Waals surface area contributed by atoms with E-state index in [1.807, 2.05) is 0 Å². The number of thioether (sulfide) groups is 1. The molecule has 1 N–H and O–H groups in total. The van der Waals surface area contributed by atoms with Gasteiger partial charge in [0.05, 0.1) is 4.90 Å². The molecule has 10 heteroatoms. The number of carbonyl (C=O) groups excluding carboxylic acids is 1. The summed E-state index contributed by atoms with van der Waals surface area (Å²) in [6.07, 6.45) is 1.70. The van der Waals surface area contributed by atoms with E-state index in [4.69, 9.17) is 0 Å². The molecular formula is C19H19F4N3O2S. The molecule has 1 aromatic carbocycles. The normalized spacial score (nSPS) is 15.2. The highest BCUT2D eigenvalue weighted by Gasteiger charge is 2.35. The first-order chi connectivity index (χ1) is 13.5. The third-order valence-electron chi connectivity index (χ3n) is 4.64. The van der Waals surface area contributed by atoms with E-state index in [2.05, 4.69) is 9.97 Å². The van der Waals surface area contributed by atoms with Crippen molar-refractivity contribution in [2.24, 2.45) is 5.92 Å². The fraction of sp³-hybridized carbons (Fsp3) is 0.421. The van der Waals surface area contributed by atoms with Crippen LogP contribution < -0.4 is 10.5 Å². The fourth-order valence-electron chi connectivity index (χ4n) is 3.11. The van der Waals surface area contributed by atoms with Crippen LogP contribution in [0.15, 0.2) is 34.0 Å². The second-order valence-corrected chi connectivity index (χ2v) is 8.26. The Balaban J connectivity index is 1.84. The van der Waals surface area contributed by atoms with Gasteiger partial charge in [0.15, 0.2) is 5.78 Å². The van der Waals surface area contributed by atoms with Crippen molar-refractivity contribution in [2.45, 2.75) is 35.6 Å². The van der Waals surface area contributed by atoms with Crippen molar-refractivity contribution < 1.29 is 22.4 Å². The first kappa shape index (κ1) is 21.4. The van der Waals surface area contributed by atoms with E-state index < -0.39 is 33.5 Å². The van der Waals surface area contributed by atoms with Crippen molar-refractivity contribution in [3.8, 4) is 0 Å². The molecule has 2 aromatic rings. The van der Waals surface area contributed by atoms with Crippen LogP contribution in [-0.2, 0) is 0 Å². The number of alkyl halides is 3. The second kappa shape index (κ2) is 8.17. The standard InChI is InChI=1S/C19H19F4N3O2S/c1-26(2)18-24-14(9-17(28)25-18)15(27)8-12(10-3-4-10)11-5-6-16(13(20)7-11)29-19(21,22)23/h5-7,9-10,12H,3-4,8H2,1-2H3,(H,24,25,28)/t12-/m1/s1. The van der Waals surface area contributed by atoms with Crippen molar-refractivity contribution in [2.75, 3.05) is 19.0 Å². The lowest BCUT2D eigenvalue weighted by Gasteiger charge is -2.18. The number of Topliss-reactive ketones (excluding diaryl/α,β-unsaturated/α-hetero) is 1. The van der Waals surface area contributed by atoms with Crippen LogP contribution in [0.1, 0.15) is 41.2 Å². The largest absolute Gasteiger partial charge is 0.446 e. The first-order valence-corrected chi connectivity index (χ1v) is 9.72. The topological polar surface area (TPSA) is 66.1 Å². The summed E-state index contributed by atoms with van der Waals surface area (Å²) in [6.45, 7) is 0. The highest BCUT2D eigenvalue weighted by atomic mass is 32.2. The zero-order chi connectivity index (χ0) is 21.3. The van der Waals surface area contributed by atoms with Crippen molar-refractivity contribution in [3.05, 3.63) is 51.7 Å². The van der Waals surface area contributed by atoms with Crippen molar-refractivity contribution in [3.63, 3.8) is 0 Å². The second-order valence-electron chi connectivity index (χ2n) is 7.16. The van der Waals surface area contributed by atoms with Gasteiger partial charge >= 0.3 is 5.51 Å². The summed E-state index contributed by atoms with van der Waals surface area (Å²) in [6, 6.07) is 4.71. The van der Waals surface area contributed by atoms with Crippen LogP contribution in [0.25, 0.3) is 0 Å². The Morgan fingerprint density at radius 2 is 2.00 bits per heavy atom. The summed E-state index contributed by atoms with van der Waals surface area (Å²) in [5, 5.41) is 0. The van der Waals surface area contributed by atoms with Crippen molar-refractivity contribution >= 4 is 23.5 Å². The van der Waals surface area contributed by atoms with E-state index in [-0.39, 0.29) is 35.7 Å². The third kappa shape index (κ3) is 5.59. The molecule has 1 saturated carbocycles. The summed E-state index contributed by atoms with van der Waals surface area (Å²) < 4.78 is 51.8. The van der Waals surface area contributed by atoms with E-state index in [1.165, 1.54) is 6.07 Å². The number of benzene rings is 1. The smallest absolute Gasteiger partial charge is 0.348 e. The van der Waals surface area contributed by atoms with Crippen LogP contribution in [0.4, 0.5) is 23.5 Å². The van der Waals surface area contributed by atoms with Gasteiger partial charge in [0, 0.05) is 26.6 Å². The van der Waals surface area contributed by atoms with Gasteiger partial charge in [-0.1, -0.05) is 6.07 Å². The summed E-state index contributed by atoms with van der Waals surface area (Å²) >= 11 is -0.506. The van der Waals surface area contributed by atoms with Gasteiger partial charge in [-0.15, -0.1) is 0 Å². The maximum Gasteiger partial charge on any atom is 0.446 e. The minimum absolute atomic E-state index is 0.000805. The average Bonchev–Trinajstić information content (AvgIpc) is 3.44. The molecule has 1 atom stereocenters. The fourth-order valence-corrected chi connectivity index (χ4v) is 3.66. The number of ketones is 1. The van der Waals surface area contributed by atoms with Crippen molar-refractivity contribution in [1.82, 2.24) is 9.97 Å². The highest BCUT2D eigenvalue weighted by Crippen LogP contribution is 2.46. The number of rotatable bonds is 7. The van der Waals surface area contributed by atoms with Crippen LogP contribution in [-0.4, -0.2) is 35.4 Å². The van der Waals surface area contributed by atoms with Crippen LogP contribution in [0.5, 0.6) is 0 Å². The summed E-state index contributed by atoms with van der Waals surface area (Å²) in [7, 11) is 3.34. The molecule has 1 aromatic heterocycles. The Morgan fingerprint density at radius 1 is 1.31 bits per heavy atom. The lowest BCUT2D eigenvalue weighted by Crippen LogP contribution is -2.21. The molecule has 0 amide bonds. The molecule has 1 heterocycles. The number of anilines is 1. The number of H-pyrrole nitrogens is 1. The zero-order valence-electron chi connectivity index (χ0n) is 15.7. The van der Waals surface area contributed by atoms with Gasteiger partial charge in [-0.05, 0) is 54.1 Å². The Morgan fingerprint density at radius 3 is 2.55 bits per heavy atom. The number of hydrogen-bond acceptors (Lipinski definition) is 5. The summed E-state index contributed by atoms with van der Waals surface area (Å²) in [5.74, 6) is -1.29. The predicted octanol–water partition coefficient (Wildman–Crippen LogP) is 4.35. The van der Waals surface area contributed by atoms with Crippen LogP contribution >= 0.6 is 11.8 Å². The van der Waals surface area contributed by atoms with Gasteiger partial charge in [-0.2, -0.15) is 13.2 Å². The van der Waals surface area contributed by atoms with Gasteiger partial charge in [0.25, 0.3) is 5.56 Å².